The quantitative estimate of drug-likeness (QED) is 0.150. The number of para-hydroxylation sites is 1. The SMILES string of the molecule is c1ccc(-c2ccc(N(c3ccc4c5ccccc5n(-c5ccc(-c6ccccc6)c(-c6ccccc6)c5)c4c3)c3c(-c4ccccc4)ccc4ccccc34)cc2)cc1. The normalized spacial score (nSPS) is 11.3. The van der Waals surface area contributed by atoms with E-state index in [-0.39, 0.29) is 0 Å². The molecule has 0 saturated carbocycles. The number of fused-ring (bicyclic) bond motifs is 4. The van der Waals surface area contributed by atoms with Crippen LogP contribution in [-0.2, 0) is 0 Å². The van der Waals surface area contributed by atoms with Crippen LogP contribution in [0, 0.1) is 0 Å². The molecule has 0 N–H and O–H groups in total. The molecule has 60 heavy (non-hydrogen) atoms. The summed E-state index contributed by atoms with van der Waals surface area (Å²) in [6, 6.07) is 88.0. The smallest absolute Gasteiger partial charge is 0.0618 e. The first-order chi connectivity index (χ1) is 29.8. The maximum Gasteiger partial charge on any atom is 0.0618 e. The Morgan fingerprint density at radius 3 is 1.47 bits per heavy atom. The molecule has 0 amide bonds. The van der Waals surface area contributed by atoms with E-state index in [2.05, 4.69) is 252 Å². The maximum absolute atomic E-state index is 2.47. The van der Waals surface area contributed by atoms with Crippen molar-refractivity contribution in [2.75, 3.05) is 4.90 Å². The van der Waals surface area contributed by atoms with Gasteiger partial charge in [0.2, 0.25) is 0 Å². The number of aromatic nitrogens is 1. The molecule has 0 bridgehead atoms. The van der Waals surface area contributed by atoms with Crippen LogP contribution in [0.1, 0.15) is 0 Å². The number of hydrogen-bond donors (Lipinski definition) is 0. The summed E-state index contributed by atoms with van der Waals surface area (Å²) in [4.78, 5) is 2.47. The topological polar surface area (TPSA) is 8.17 Å². The van der Waals surface area contributed by atoms with E-state index >= 15 is 0 Å². The molecule has 0 atom stereocenters. The Bertz CT molecular complexity index is 3280. The lowest BCUT2D eigenvalue weighted by Gasteiger charge is -2.30. The summed E-state index contributed by atoms with van der Waals surface area (Å²) in [6.45, 7) is 0. The molecule has 10 aromatic carbocycles. The summed E-state index contributed by atoms with van der Waals surface area (Å²) < 4.78 is 2.45. The van der Waals surface area contributed by atoms with Gasteiger partial charge in [-0.05, 0) is 86.8 Å². The third kappa shape index (κ3) is 6.23. The Kier molecular flexibility index (Phi) is 8.87. The molecule has 0 saturated heterocycles. The molecular weight excluding hydrogens is 725 g/mol. The monoisotopic (exact) mass is 764 g/mol. The van der Waals surface area contributed by atoms with E-state index in [1.807, 2.05) is 0 Å². The molecule has 0 spiro atoms. The van der Waals surface area contributed by atoms with Crippen molar-refractivity contribution in [3.05, 3.63) is 243 Å². The van der Waals surface area contributed by atoms with Gasteiger partial charge in [0, 0.05) is 38.8 Å². The number of benzene rings is 10. The van der Waals surface area contributed by atoms with Crippen molar-refractivity contribution in [3.8, 4) is 50.2 Å². The highest BCUT2D eigenvalue weighted by atomic mass is 15.1. The van der Waals surface area contributed by atoms with Crippen LogP contribution in [0.2, 0.25) is 0 Å². The predicted molar refractivity (Wildman–Crippen MR) is 255 cm³/mol. The van der Waals surface area contributed by atoms with Crippen LogP contribution in [-0.4, -0.2) is 4.57 Å². The fraction of sp³-hybridized carbons (Fsp3) is 0. The standard InChI is InChI=1S/C58H40N2/c1-5-17-41(18-6-1)42-29-32-47(33-30-42)59(58-51-26-14-13-25-46(51)31-36-52(58)44-21-9-3-10-22-44)49-35-38-54-53-27-15-16-28-56(53)60(57(54)40-49)48-34-37-50(43-19-7-2-8-20-43)55(39-48)45-23-11-4-12-24-45/h1-40H. The third-order valence-corrected chi connectivity index (χ3v) is 11.8. The summed E-state index contributed by atoms with van der Waals surface area (Å²) >= 11 is 0. The van der Waals surface area contributed by atoms with E-state index in [9.17, 15) is 0 Å². The minimum atomic E-state index is 1.08. The molecule has 0 aliphatic carbocycles. The van der Waals surface area contributed by atoms with E-state index in [1.54, 1.807) is 0 Å². The molecule has 2 nitrogen and oxygen atoms in total. The number of nitrogens with zero attached hydrogens (tertiary/aromatic N) is 2. The lowest BCUT2D eigenvalue weighted by molar-refractivity contribution is 1.18. The van der Waals surface area contributed by atoms with E-state index in [1.165, 1.54) is 71.6 Å². The van der Waals surface area contributed by atoms with Crippen LogP contribution >= 0.6 is 0 Å². The minimum absolute atomic E-state index is 1.08. The van der Waals surface area contributed by atoms with Gasteiger partial charge in [0.05, 0.1) is 16.7 Å². The molecule has 11 aromatic rings. The third-order valence-electron chi connectivity index (χ3n) is 11.8. The van der Waals surface area contributed by atoms with Crippen molar-refractivity contribution in [3.63, 3.8) is 0 Å². The lowest BCUT2D eigenvalue weighted by Crippen LogP contribution is -2.12. The zero-order valence-corrected chi connectivity index (χ0v) is 33.0. The van der Waals surface area contributed by atoms with Gasteiger partial charge < -0.3 is 9.47 Å². The first-order valence-electron chi connectivity index (χ1n) is 20.6. The summed E-state index contributed by atoms with van der Waals surface area (Å²) in [7, 11) is 0. The largest absolute Gasteiger partial charge is 0.309 e. The summed E-state index contributed by atoms with van der Waals surface area (Å²) in [5.74, 6) is 0. The van der Waals surface area contributed by atoms with Crippen LogP contribution in [0.3, 0.4) is 0 Å². The second-order valence-electron chi connectivity index (χ2n) is 15.3. The minimum Gasteiger partial charge on any atom is -0.309 e. The van der Waals surface area contributed by atoms with Crippen LogP contribution in [0.4, 0.5) is 17.1 Å². The van der Waals surface area contributed by atoms with E-state index < -0.39 is 0 Å². The molecular formula is C58H40N2. The predicted octanol–water partition coefficient (Wildman–Crippen LogP) is 16.1. The van der Waals surface area contributed by atoms with Gasteiger partial charge in [-0.25, -0.2) is 0 Å². The fourth-order valence-electron chi connectivity index (χ4n) is 8.96. The average molecular weight is 765 g/mol. The first-order valence-corrected chi connectivity index (χ1v) is 20.6. The van der Waals surface area contributed by atoms with Crippen molar-refractivity contribution in [2.45, 2.75) is 0 Å². The second kappa shape index (κ2) is 15.1. The summed E-state index contributed by atoms with van der Waals surface area (Å²) in [5, 5.41) is 4.82. The highest BCUT2D eigenvalue weighted by molar-refractivity contribution is 6.12. The summed E-state index contributed by atoms with van der Waals surface area (Å²) in [6.07, 6.45) is 0. The molecule has 1 heterocycles. The molecule has 11 rings (SSSR count). The molecule has 0 aliphatic rings. The number of rotatable bonds is 8. The summed E-state index contributed by atoms with van der Waals surface area (Å²) in [5.41, 5.74) is 16.3. The molecule has 0 aliphatic heterocycles. The van der Waals surface area contributed by atoms with Gasteiger partial charge in [0.15, 0.2) is 0 Å². The number of anilines is 3. The molecule has 1 aromatic heterocycles. The second-order valence-corrected chi connectivity index (χ2v) is 15.3. The zero-order valence-electron chi connectivity index (χ0n) is 33.0. The molecule has 0 radical (unpaired) electrons. The van der Waals surface area contributed by atoms with E-state index in [4.69, 9.17) is 0 Å². The first kappa shape index (κ1) is 35.2. The van der Waals surface area contributed by atoms with Gasteiger partial charge in [-0.3, -0.25) is 0 Å². The Balaban J connectivity index is 1.18. The van der Waals surface area contributed by atoms with E-state index in [0.29, 0.717) is 0 Å². The van der Waals surface area contributed by atoms with Gasteiger partial charge in [-0.15, -0.1) is 0 Å². The molecule has 0 fully saturated rings. The number of hydrogen-bond acceptors (Lipinski definition) is 1. The van der Waals surface area contributed by atoms with Gasteiger partial charge in [0.1, 0.15) is 0 Å². The van der Waals surface area contributed by atoms with Crippen LogP contribution < -0.4 is 4.90 Å². The Morgan fingerprint density at radius 2 is 0.783 bits per heavy atom. The van der Waals surface area contributed by atoms with Gasteiger partial charge in [-0.2, -0.15) is 0 Å². The van der Waals surface area contributed by atoms with Crippen molar-refractivity contribution in [1.29, 1.82) is 0 Å². The Hall–Kier alpha value is -7.94. The fourth-order valence-corrected chi connectivity index (χ4v) is 8.96. The lowest BCUT2D eigenvalue weighted by atomic mass is 9.94. The highest BCUT2D eigenvalue weighted by Crippen LogP contribution is 2.47. The van der Waals surface area contributed by atoms with E-state index in [0.717, 1.165) is 28.3 Å². The Morgan fingerprint density at radius 1 is 0.283 bits per heavy atom. The van der Waals surface area contributed by atoms with Crippen molar-refractivity contribution >= 4 is 49.6 Å². The van der Waals surface area contributed by atoms with Gasteiger partial charge in [0.25, 0.3) is 0 Å². The van der Waals surface area contributed by atoms with Crippen molar-refractivity contribution in [1.82, 2.24) is 4.57 Å². The van der Waals surface area contributed by atoms with Crippen LogP contribution in [0.25, 0.3) is 82.8 Å². The molecule has 2 heteroatoms. The van der Waals surface area contributed by atoms with Crippen molar-refractivity contribution in [2.24, 2.45) is 0 Å². The van der Waals surface area contributed by atoms with Crippen molar-refractivity contribution < 1.29 is 0 Å². The average Bonchev–Trinajstić information content (AvgIpc) is 3.66. The Labute approximate surface area is 350 Å². The zero-order chi connectivity index (χ0) is 39.8. The van der Waals surface area contributed by atoms with Crippen LogP contribution in [0.5, 0.6) is 0 Å². The van der Waals surface area contributed by atoms with Gasteiger partial charge >= 0.3 is 0 Å². The maximum atomic E-state index is 2.47. The van der Waals surface area contributed by atoms with Gasteiger partial charge in [-0.1, -0.05) is 200 Å². The molecule has 282 valence electrons. The molecule has 0 unspecified atom stereocenters. The highest BCUT2D eigenvalue weighted by Gasteiger charge is 2.23. The van der Waals surface area contributed by atoms with Crippen LogP contribution in [0.15, 0.2) is 243 Å².